The predicted molar refractivity (Wildman–Crippen MR) is 59.8 cm³/mol. The molecule has 0 rings (SSSR count). The lowest BCUT2D eigenvalue weighted by molar-refractivity contribution is -0.285. The lowest BCUT2D eigenvalue weighted by atomic mass is 10.1. The molecule has 0 N–H and O–H groups in total. The molecule has 110 valence electrons. The molecule has 0 heterocycles. The average Bonchev–Trinajstić information content (AvgIpc) is 2.25. The van der Waals surface area contributed by atoms with E-state index in [0.29, 0.717) is 6.61 Å². The fourth-order valence-corrected chi connectivity index (χ4v) is 1.45. The van der Waals surface area contributed by atoms with E-state index in [1.165, 1.54) is 0 Å². The molecule has 0 amide bonds. The number of unbranched alkanes of at least 4 members (excludes halogenated alkanes) is 4. The van der Waals surface area contributed by atoms with Gasteiger partial charge in [-0.1, -0.05) is 32.6 Å². The minimum atomic E-state index is -5.45. The van der Waals surface area contributed by atoms with Crippen LogP contribution in [0.1, 0.15) is 51.9 Å². The van der Waals surface area contributed by atoms with E-state index < -0.39 is 18.5 Å². The molecular weight excluding hydrogens is 255 g/mol. The molecule has 6 heteroatoms. The Hall–Kier alpha value is -0.390. The van der Waals surface area contributed by atoms with Gasteiger partial charge < -0.3 is 4.74 Å². The molecule has 0 unspecified atom stereocenters. The van der Waals surface area contributed by atoms with Gasteiger partial charge in [0, 0.05) is 19.6 Å². The second kappa shape index (κ2) is 8.67. The van der Waals surface area contributed by atoms with Gasteiger partial charge in [0.2, 0.25) is 0 Å². The first kappa shape index (κ1) is 17.6. The highest BCUT2D eigenvalue weighted by Crippen LogP contribution is 2.38. The standard InChI is InChI=1S/C12H21F5O/c1-2-3-4-5-6-9-18-10-7-8-11(13,14)12(15,16)17/h2-10H2,1H3. The van der Waals surface area contributed by atoms with Crippen LogP contribution < -0.4 is 0 Å². The number of hydrogen-bond acceptors (Lipinski definition) is 1. The average molecular weight is 276 g/mol. The van der Waals surface area contributed by atoms with E-state index in [2.05, 4.69) is 6.92 Å². The molecule has 0 aromatic carbocycles. The van der Waals surface area contributed by atoms with E-state index >= 15 is 0 Å². The van der Waals surface area contributed by atoms with Gasteiger partial charge in [-0.3, -0.25) is 0 Å². The van der Waals surface area contributed by atoms with Crippen molar-refractivity contribution in [1.29, 1.82) is 0 Å². The zero-order valence-electron chi connectivity index (χ0n) is 10.7. The summed E-state index contributed by atoms with van der Waals surface area (Å²) in [5.41, 5.74) is 0. The molecule has 0 aliphatic carbocycles. The fourth-order valence-electron chi connectivity index (χ4n) is 1.45. The number of rotatable bonds is 10. The molecule has 0 atom stereocenters. The van der Waals surface area contributed by atoms with E-state index in [-0.39, 0.29) is 13.0 Å². The van der Waals surface area contributed by atoms with Crippen molar-refractivity contribution in [3.8, 4) is 0 Å². The van der Waals surface area contributed by atoms with Crippen LogP contribution in [0.25, 0.3) is 0 Å². The maximum atomic E-state index is 12.5. The summed E-state index contributed by atoms with van der Waals surface area (Å²) in [6.45, 7) is 2.48. The predicted octanol–water partition coefficient (Wildman–Crippen LogP) is 4.95. The van der Waals surface area contributed by atoms with Gasteiger partial charge in [-0.05, 0) is 12.8 Å². The van der Waals surface area contributed by atoms with Crippen molar-refractivity contribution < 1.29 is 26.7 Å². The second-order valence-corrected chi connectivity index (χ2v) is 4.33. The highest BCUT2D eigenvalue weighted by molar-refractivity contribution is 4.75. The Morgan fingerprint density at radius 3 is 1.89 bits per heavy atom. The maximum Gasteiger partial charge on any atom is 0.453 e. The molecule has 0 aromatic heterocycles. The van der Waals surface area contributed by atoms with Gasteiger partial charge in [0.15, 0.2) is 0 Å². The molecule has 0 bridgehead atoms. The van der Waals surface area contributed by atoms with Crippen LogP contribution in [0.3, 0.4) is 0 Å². The number of halogens is 5. The Bertz CT molecular complexity index is 203. The lowest BCUT2D eigenvalue weighted by Crippen LogP contribution is -2.36. The van der Waals surface area contributed by atoms with Crippen molar-refractivity contribution in [2.75, 3.05) is 13.2 Å². The third-order valence-electron chi connectivity index (χ3n) is 2.59. The molecule has 0 radical (unpaired) electrons. The monoisotopic (exact) mass is 276 g/mol. The van der Waals surface area contributed by atoms with Crippen molar-refractivity contribution in [2.24, 2.45) is 0 Å². The highest BCUT2D eigenvalue weighted by Gasteiger charge is 2.56. The summed E-state index contributed by atoms with van der Waals surface area (Å²) in [5, 5.41) is 0. The number of hydrogen-bond donors (Lipinski definition) is 0. The third kappa shape index (κ3) is 7.84. The summed E-state index contributed by atoms with van der Waals surface area (Å²) >= 11 is 0. The summed E-state index contributed by atoms with van der Waals surface area (Å²) in [4.78, 5) is 0. The van der Waals surface area contributed by atoms with Crippen LogP contribution >= 0.6 is 0 Å². The summed E-state index contributed by atoms with van der Waals surface area (Å²) in [5.74, 6) is -4.60. The summed E-state index contributed by atoms with van der Waals surface area (Å²) < 4.78 is 65.3. The van der Waals surface area contributed by atoms with Crippen LogP contribution in [0, 0.1) is 0 Å². The largest absolute Gasteiger partial charge is 0.453 e. The van der Waals surface area contributed by atoms with Gasteiger partial charge in [-0.25, -0.2) is 0 Å². The number of alkyl halides is 5. The van der Waals surface area contributed by atoms with Crippen LogP contribution in [0.5, 0.6) is 0 Å². The van der Waals surface area contributed by atoms with Crippen LogP contribution in [-0.4, -0.2) is 25.3 Å². The first-order valence-corrected chi connectivity index (χ1v) is 6.33. The topological polar surface area (TPSA) is 9.23 Å². The Morgan fingerprint density at radius 2 is 1.33 bits per heavy atom. The zero-order chi connectivity index (χ0) is 14.1. The highest BCUT2D eigenvalue weighted by atomic mass is 19.4. The van der Waals surface area contributed by atoms with E-state index in [9.17, 15) is 22.0 Å². The first-order valence-electron chi connectivity index (χ1n) is 6.33. The van der Waals surface area contributed by atoms with Crippen LogP contribution in [-0.2, 0) is 4.74 Å². The van der Waals surface area contributed by atoms with Gasteiger partial charge in [0.25, 0.3) is 0 Å². The molecule has 0 aliphatic rings. The molecule has 0 fully saturated rings. The minimum absolute atomic E-state index is 0.0422. The lowest BCUT2D eigenvalue weighted by Gasteiger charge is -2.19. The Labute approximate surface area is 105 Å². The quantitative estimate of drug-likeness (QED) is 0.405. The maximum absolute atomic E-state index is 12.5. The SMILES string of the molecule is CCCCCCCOCCCC(F)(F)C(F)(F)F. The third-order valence-corrected chi connectivity index (χ3v) is 2.59. The molecule has 0 saturated heterocycles. The summed E-state index contributed by atoms with van der Waals surface area (Å²) in [6, 6.07) is 0. The molecule has 18 heavy (non-hydrogen) atoms. The number of ether oxygens (including phenoxy) is 1. The van der Waals surface area contributed by atoms with E-state index in [4.69, 9.17) is 4.74 Å². The zero-order valence-corrected chi connectivity index (χ0v) is 10.7. The van der Waals surface area contributed by atoms with Crippen molar-refractivity contribution >= 4 is 0 Å². The van der Waals surface area contributed by atoms with Crippen molar-refractivity contribution in [2.45, 2.75) is 64.0 Å². The van der Waals surface area contributed by atoms with Crippen LogP contribution in [0.2, 0.25) is 0 Å². The molecule has 1 nitrogen and oxygen atoms in total. The smallest absolute Gasteiger partial charge is 0.381 e. The summed E-state index contributed by atoms with van der Waals surface area (Å²) in [7, 11) is 0. The van der Waals surface area contributed by atoms with Crippen LogP contribution in [0.15, 0.2) is 0 Å². The molecule has 0 spiro atoms. The van der Waals surface area contributed by atoms with Gasteiger partial charge in [-0.15, -0.1) is 0 Å². The Balaban J connectivity index is 3.41. The van der Waals surface area contributed by atoms with E-state index in [1.54, 1.807) is 0 Å². The first-order chi connectivity index (χ1) is 8.31. The van der Waals surface area contributed by atoms with Gasteiger partial charge in [0.05, 0.1) is 0 Å². The summed E-state index contributed by atoms with van der Waals surface area (Å²) in [6.07, 6.45) is -1.71. The molecule has 0 aromatic rings. The normalized spacial score (nSPS) is 13.0. The van der Waals surface area contributed by atoms with Gasteiger partial charge in [0.1, 0.15) is 0 Å². The van der Waals surface area contributed by atoms with Gasteiger partial charge in [-0.2, -0.15) is 22.0 Å². The van der Waals surface area contributed by atoms with Crippen molar-refractivity contribution in [3.63, 3.8) is 0 Å². The van der Waals surface area contributed by atoms with Crippen molar-refractivity contribution in [1.82, 2.24) is 0 Å². The van der Waals surface area contributed by atoms with Crippen LogP contribution in [0.4, 0.5) is 22.0 Å². The van der Waals surface area contributed by atoms with Crippen molar-refractivity contribution in [3.05, 3.63) is 0 Å². The Morgan fingerprint density at radius 1 is 0.778 bits per heavy atom. The second-order valence-electron chi connectivity index (χ2n) is 4.33. The Kier molecular flexibility index (Phi) is 8.48. The molecule has 0 saturated carbocycles. The molecular formula is C12H21F5O. The van der Waals surface area contributed by atoms with Gasteiger partial charge >= 0.3 is 12.1 Å². The molecule has 0 aliphatic heterocycles. The van der Waals surface area contributed by atoms with E-state index in [0.717, 1.165) is 32.1 Å². The fraction of sp³-hybridized carbons (Fsp3) is 1.00. The van der Waals surface area contributed by atoms with E-state index in [1.807, 2.05) is 0 Å². The minimum Gasteiger partial charge on any atom is -0.381 e.